The maximum atomic E-state index is 13.3. The minimum atomic E-state index is -0.211. The van der Waals surface area contributed by atoms with E-state index in [2.05, 4.69) is 15.1 Å². The highest BCUT2D eigenvalue weighted by molar-refractivity contribution is 5.93. The van der Waals surface area contributed by atoms with E-state index in [0.717, 1.165) is 12.1 Å². The smallest absolute Gasteiger partial charge is 0.273 e. The fourth-order valence-electron chi connectivity index (χ4n) is 3.07. The Labute approximate surface area is 173 Å². The van der Waals surface area contributed by atoms with E-state index in [1.165, 1.54) is 4.52 Å². The molecule has 154 valence electrons. The predicted molar refractivity (Wildman–Crippen MR) is 113 cm³/mol. The van der Waals surface area contributed by atoms with E-state index in [9.17, 15) is 4.79 Å². The van der Waals surface area contributed by atoms with E-state index in [0.29, 0.717) is 30.3 Å². The minimum Gasteiger partial charge on any atom is -0.461 e. The molecule has 30 heavy (non-hydrogen) atoms. The third-order valence-electron chi connectivity index (χ3n) is 4.63. The molecule has 0 radical (unpaired) electrons. The fraction of sp³-hybridized carbons (Fsp3) is 0.238. The molecular formula is C21H23N7O2. The SMILES string of the molecule is CN(C)CCN(Cc1ccccc1)C(=O)c1cc2nc(-c3ccco3)nn2c(N)n1. The Bertz CT molecular complexity index is 1140. The molecule has 0 aliphatic carbocycles. The summed E-state index contributed by atoms with van der Waals surface area (Å²) in [5.41, 5.74) is 7.78. The number of aromatic nitrogens is 4. The first kappa shape index (κ1) is 19.6. The van der Waals surface area contributed by atoms with Crippen LogP contribution in [0.25, 0.3) is 17.2 Å². The number of anilines is 1. The summed E-state index contributed by atoms with van der Waals surface area (Å²) < 4.78 is 6.75. The summed E-state index contributed by atoms with van der Waals surface area (Å²) in [6, 6.07) is 15.0. The highest BCUT2D eigenvalue weighted by atomic mass is 16.3. The first-order chi connectivity index (χ1) is 14.5. The lowest BCUT2D eigenvalue weighted by molar-refractivity contribution is 0.0726. The zero-order valence-electron chi connectivity index (χ0n) is 16.9. The molecule has 0 spiro atoms. The second-order valence-electron chi connectivity index (χ2n) is 7.20. The van der Waals surface area contributed by atoms with Crippen LogP contribution in [0.4, 0.5) is 5.95 Å². The van der Waals surface area contributed by atoms with E-state index < -0.39 is 0 Å². The highest BCUT2D eigenvalue weighted by Gasteiger charge is 2.21. The topological polar surface area (TPSA) is 106 Å². The fourth-order valence-corrected chi connectivity index (χ4v) is 3.07. The van der Waals surface area contributed by atoms with Gasteiger partial charge in [0.15, 0.2) is 11.4 Å². The molecule has 3 aromatic heterocycles. The monoisotopic (exact) mass is 405 g/mol. The number of fused-ring (bicyclic) bond motifs is 1. The lowest BCUT2D eigenvalue weighted by Crippen LogP contribution is -2.36. The zero-order chi connectivity index (χ0) is 21.1. The van der Waals surface area contributed by atoms with Gasteiger partial charge in [0.05, 0.1) is 6.26 Å². The van der Waals surface area contributed by atoms with Gasteiger partial charge in [-0.2, -0.15) is 4.52 Å². The van der Waals surface area contributed by atoms with E-state index in [1.54, 1.807) is 29.4 Å². The molecule has 2 N–H and O–H groups in total. The standard InChI is InChI=1S/C21H23N7O2/c1-26(2)10-11-27(14-15-7-4-3-5-8-15)20(29)16-13-18-24-19(17-9-6-12-30-17)25-28(18)21(22)23-16/h3-9,12-13H,10-11,14H2,1-2H3,(H2,22,23). The van der Waals surface area contributed by atoms with Crippen LogP contribution in [0.15, 0.2) is 59.2 Å². The first-order valence-electron chi connectivity index (χ1n) is 9.56. The number of benzene rings is 1. The van der Waals surface area contributed by atoms with Crippen molar-refractivity contribution in [2.45, 2.75) is 6.54 Å². The summed E-state index contributed by atoms with van der Waals surface area (Å²) >= 11 is 0. The Morgan fingerprint density at radius 3 is 2.60 bits per heavy atom. The molecule has 0 aliphatic heterocycles. The largest absolute Gasteiger partial charge is 0.461 e. The minimum absolute atomic E-state index is 0.0911. The van der Waals surface area contributed by atoms with Crippen molar-refractivity contribution in [2.75, 3.05) is 32.9 Å². The van der Waals surface area contributed by atoms with Crippen molar-refractivity contribution in [1.82, 2.24) is 29.4 Å². The van der Waals surface area contributed by atoms with Crippen LogP contribution in [0.1, 0.15) is 16.1 Å². The Morgan fingerprint density at radius 2 is 1.90 bits per heavy atom. The second kappa shape index (κ2) is 8.34. The summed E-state index contributed by atoms with van der Waals surface area (Å²) in [6.07, 6.45) is 1.55. The molecular weight excluding hydrogens is 382 g/mol. The number of nitrogens with zero attached hydrogens (tertiary/aromatic N) is 6. The van der Waals surface area contributed by atoms with Crippen LogP contribution in [-0.4, -0.2) is 62.5 Å². The van der Waals surface area contributed by atoms with Crippen LogP contribution >= 0.6 is 0 Å². The molecule has 1 amide bonds. The number of furan rings is 1. The Balaban J connectivity index is 1.65. The maximum Gasteiger partial charge on any atom is 0.273 e. The van der Waals surface area contributed by atoms with Gasteiger partial charge in [-0.25, -0.2) is 9.97 Å². The molecule has 0 aliphatic rings. The molecule has 1 aromatic carbocycles. The van der Waals surface area contributed by atoms with Crippen molar-refractivity contribution >= 4 is 17.5 Å². The molecule has 0 fully saturated rings. The third kappa shape index (κ3) is 4.15. The molecule has 9 nitrogen and oxygen atoms in total. The van der Waals surface area contributed by atoms with Gasteiger partial charge in [0, 0.05) is 25.7 Å². The normalized spacial score (nSPS) is 11.3. The van der Waals surface area contributed by atoms with Crippen LogP contribution in [0.2, 0.25) is 0 Å². The van der Waals surface area contributed by atoms with E-state index in [1.807, 2.05) is 49.3 Å². The maximum absolute atomic E-state index is 13.3. The van der Waals surface area contributed by atoms with Crippen LogP contribution in [0.3, 0.4) is 0 Å². The summed E-state index contributed by atoms with van der Waals surface area (Å²) in [7, 11) is 3.94. The molecule has 0 unspecified atom stereocenters. The van der Waals surface area contributed by atoms with Gasteiger partial charge in [-0.1, -0.05) is 30.3 Å². The van der Waals surface area contributed by atoms with Gasteiger partial charge in [0.25, 0.3) is 5.91 Å². The number of hydrogen-bond acceptors (Lipinski definition) is 7. The van der Waals surface area contributed by atoms with Gasteiger partial charge in [-0.15, -0.1) is 5.10 Å². The number of nitrogen functional groups attached to an aromatic ring is 1. The van der Waals surface area contributed by atoms with Gasteiger partial charge in [0.1, 0.15) is 5.69 Å². The number of carbonyl (C=O) groups excluding carboxylic acids is 1. The van der Waals surface area contributed by atoms with Crippen molar-refractivity contribution in [1.29, 1.82) is 0 Å². The summed E-state index contributed by atoms with van der Waals surface area (Å²) in [5, 5.41) is 4.32. The van der Waals surface area contributed by atoms with Gasteiger partial charge >= 0.3 is 0 Å². The second-order valence-corrected chi connectivity index (χ2v) is 7.20. The molecule has 0 bridgehead atoms. The van der Waals surface area contributed by atoms with Gasteiger partial charge < -0.3 is 20.0 Å². The summed E-state index contributed by atoms with van der Waals surface area (Å²) in [6.45, 7) is 1.76. The number of rotatable bonds is 7. The molecule has 9 heteroatoms. The van der Waals surface area contributed by atoms with Crippen molar-refractivity contribution in [3.05, 3.63) is 66.1 Å². The average molecular weight is 405 g/mol. The number of amides is 1. The first-order valence-corrected chi connectivity index (χ1v) is 9.56. The number of likely N-dealkylation sites (N-methyl/N-ethyl adjacent to an activating group) is 1. The van der Waals surface area contributed by atoms with Crippen molar-refractivity contribution in [3.63, 3.8) is 0 Å². The predicted octanol–water partition coefficient (Wildman–Crippen LogP) is 2.17. The number of carbonyl (C=O) groups is 1. The molecule has 0 saturated heterocycles. The molecule has 3 heterocycles. The molecule has 0 saturated carbocycles. The Kier molecular flexibility index (Phi) is 5.44. The summed E-state index contributed by atoms with van der Waals surface area (Å²) in [4.78, 5) is 25.8. The highest BCUT2D eigenvalue weighted by Crippen LogP contribution is 2.19. The number of hydrogen-bond donors (Lipinski definition) is 1. The van der Waals surface area contributed by atoms with Gasteiger partial charge in [-0.3, -0.25) is 4.79 Å². The van der Waals surface area contributed by atoms with E-state index in [4.69, 9.17) is 10.2 Å². The van der Waals surface area contributed by atoms with Crippen LogP contribution < -0.4 is 5.73 Å². The lowest BCUT2D eigenvalue weighted by Gasteiger charge is -2.24. The van der Waals surface area contributed by atoms with E-state index >= 15 is 0 Å². The van der Waals surface area contributed by atoms with Crippen molar-refractivity contribution in [2.24, 2.45) is 0 Å². The van der Waals surface area contributed by atoms with Crippen molar-refractivity contribution < 1.29 is 9.21 Å². The zero-order valence-corrected chi connectivity index (χ0v) is 16.9. The quantitative estimate of drug-likeness (QED) is 0.502. The molecule has 0 atom stereocenters. The Morgan fingerprint density at radius 1 is 1.10 bits per heavy atom. The van der Waals surface area contributed by atoms with Gasteiger partial charge in [-0.05, 0) is 31.8 Å². The molecule has 4 aromatic rings. The molecule has 4 rings (SSSR count). The lowest BCUT2D eigenvalue weighted by atomic mass is 10.2. The average Bonchev–Trinajstić information content (AvgIpc) is 3.41. The third-order valence-corrected chi connectivity index (χ3v) is 4.63. The van der Waals surface area contributed by atoms with Gasteiger partial charge in [0.2, 0.25) is 11.8 Å². The van der Waals surface area contributed by atoms with Crippen LogP contribution in [0.5, 0.6) is 0 Å². The van der Waals surface area contributed by atoms with Crippen molar-refractivity contribution in [3.8, 4) is 11.6 Å². The summed E-state index contributed by atoms with van der Waals surface area (Å²) in [5.74, 6) is 0.778. The number of nitrogens with two attached hydrogens (primary N) is 1. The van der Waals surface area contributed by atoms with Crippen LogP contribution in [0, 0.1) is 0 Å². The Hall–Kier alpha value is -3.72. The van der Waals surface area contributed by atoms with Crippen LogP contribution in [-0.2, 0) is 6.54 Å². The van der Waals surface area contributed by atoms with E-state index in [-0.39, 0.29) is 17.5 Å².